The summed E-state index contributed by atoms with van der Waals surface area (Å²) in [6.45, 7) is 2.66. The first-order valence-corrected chi connectivity index (χ1v) is 13.3. The fraction of sp³-hybridized carbons (Fsp3) is 0.556. The molecule has 1 aliphatic heterocycles. The summed E-state index contributed by atoms with van der Waals surface area (Å²) in [5.41, 5.74) is 1.86. The van der Waals surface area contributed by atoms with E-state index >= 15 is 0 Å². The normalized spacial score (nSPS) is 27.4. The van der Waals surface area contributed by atoms with Gasteiger partial charge in [-0.2, -0.15) is 0 Å². The molecule has 2 heterocycles. The molecule has 5 rings (SSSR count). The molecule has 1 aromatic carbocycles. The minimum atomic E-state index is -0.316. The summed E-state index contributed by atoms with van der Waals surface area (Å²) in [6.07, 6.45) is 7.81. The molecule has 0 radical (unpaired) electrons. The summed E-state index contributed by atoms with van der Waals surface area (Å²) in [4.78, 5) is 6.79. The number of rotatable bonds is 5. The highest BCUT2D eigenvalue weighted by atomic mass is 32.1. The predicted molar refractivity (Wildman–Crippen MR) is 134 cm³/mol. The fourth-order valence-corrected chi connectivity index (χ4v) is 5.90. The molecule has 7 heteroatoms. The maximum Gasteiger partial charge on any atom is 0.161 e. The number of thiophene rings is 1. The first kappa shape index (κ1) is 23.5. The lowest BCUT2D eigenvalue weighted by Gasteiger charge is -2.35. The van der Waals surface area contributed by atoms with Crippen molar-refractivity contribution in [3.8, 4) is 23.3 Å². The van der Waals surface area contributed by atoms with Crippen LogP contribution in [0.15, 0.2) is 29.6 Å². The minimum absolute atomic E-state index is 0.0158. The standard InChI is InChI=1S/C27H34N2O4S/c1-19-28-18-29(33-19)21-16-24(34-17-21)11-14-27(12-9-22(30)10-13-27)20-7-8-25(31-2)26(15-20)32-23-5-3-4-6-23/h7-8,15-17,19,22-23,28,30H,3-6,9-10,12-13,18H2,1-2H3. The lowest BCUT2D eigenvalue weighted by Crippen LogP contribution is -2.32. The number of aliphatic hydroxyl groups is 1. The molecule has 0 amide bonds. The second kappa shape index (κ2) is 10.2. The van der Waals surface area contributed by atoms with Crippen molar-refractivity contribution in [3.05, 3.63) is 40.1 Å². The second-order valence-electron chi connectivity index (χ2n) is 9.61. The molecular formula is C27H34N2O4S. The smallest absolute Gasteiger partial charge is 0.161 e. The number of hydrogen-bond donors (Lipinski definition) is 2. The molecule has 1 aromatic heterocycles. The van der Waals surface area contributed by atoms with Gasteiger partial charge < -0.3 is 14.6 Å². The Kier molecular flexibility index (Phi) is 7.03. The van der Waals surface area contributed by atoms with Gasteiger partial charge in [0.05, 0.1) is 42.0 Å². The Bertz CT molecular complexity index is 1040. The van der Waals surface area contributed by atoms with E-state index in [2.05, 4.69) is 40.7 Å². The van der Waals surface area contributed by atoms with Crippen LogP contribution in [0.25, 0.3) is 0 Å². The van der Waals surface area contributed by atoms with Crippen LogP contribution in [0.5, 0.6) is 11.5 Å². The highest BCUT2D eigenvalue weighted by molar-refractivity contribution is 7.11. The van der Waals surface area contributed by atoms with Gasteiger partial charge in [-0.05, 0) is 82.1 Å². The number of hydrogen-bond acceptors (Lipinski definition) is 7. The van der Waals surface area contributed by atoms with Gasteiger partial charge >= 0.3 is 0 Å². The van der Waals surface area contributed by atoms with E-state index in [0.717, 1.165) is 66.2 Å². The summed E-state index contributed by atoms with van der Waals surface area (Å²) in [5.74, 6) is 8.67. The zero-order valence-corrected chi connectivity index (χ0v) is 20.8. The van der Waals surface area contributed by atoms with E-state index < -0.39 is 0 Å². The molecule has 2 aliphatic carbocycles. The van der Waals surface area contributed by atoms with Crippen molar-refractivity contribution < 1.29 is 19.4 Å². The summed E-state index contributed by atoms with van der Waals surface area (Å²) in [5, 5.41) is 17.4. The van der Waals surface area contributed by atoms with E-state index in [1.807, 2.05) is 18.1 Å². The Labute approximate surface area is 206 Å². The van der Waals surface area contributed by atoms with Crippen molar-refractivity contribution in [3.63, 3.8) is 0 Å². The molecule has 182 valence electrons. The van der Waals surface area contributed by atoms with E-state index in [1.165, 1.54) is 12.8 Å². The van der Waals surface area contributed by atoms with Crippen LogP contribution in [0, 0.1) is 11.8 Å². The van der Waals surface area contributed by atoms with E-state index in [9.17, 15) is 5.11 Å². The Morgan fingerprint density at radius 3 is 2.65 bits per heavy atom. The third-order valence-electron chi connectivity index (χ3n) is 7.23. The van der Waals surface area contributed by atoms with Gasteiger partial charge in [0, 0.05) is 5.38 Å². The Hall–Kier alpha value is -2.24. The zero-order valence-electron chi connectivity index (χ0n) is 20.0. The molecule has 0 bridgehead atoms. The summed E-state index contributed by atoms with van der Waals surface area (Å²) in [6, 6.07) is 8.36. The predicted octanol–water partition coefficient (Wildman–Crippen LogP) is 4.95. The summed E-state index contributed by atoms with van der Waals surface area (Å²) >= 11 is 1.63. The molecule has 1 saturated heterocycles. The number of ether oxygens (including phenoxy) is 2. The maximum atomic E-state index is 10.2. The zero-order chi connectivity index (χ0) is 23.5. The van der Waals surface area contributed by atoms with Crippen molar-refractivity contribution >= 4 is 17.0 Å². The van der Waals surface area contributed by atoms with Crippen LogP contribution >= 0.6 is 11.3 Å². The topological polar surface area (TPSA) is 63.2 Å². The van der Waals surface area contributed by atoms with Gasteiger partial charge in [0.2, 0.25) is 0 Å². The number of hydroxylamine groups is 1. The first-order chi connectivity index (χ1) is 16.5. The fourth-order valence-electron chi connectivity index (χ4n) is 5.17. The molecular weight excluding hydrogens is 448 g/mol. The Morgan fingerprint density at radius 1 is 1.15 bits per heavy atom. The van der Waals surface area contributed by atoms with Crippen LogP contribution in [0.3, 0.4) is 0 Å². The molecule has 0 spiro atoms. The SMILES string of the molecule is COc1ccc(C2(C#Cc3cc(N4CNC(C)O4)cs3)CCC(O)CC2)cc1OC1CCCC1. The van der Waals surface area contributed by atoms with Crippen LogP contribution in [-0.2, 0) is 10.3 Å². The average Bonchev–Trinajstić information content (AvgIpc) is 3.61. The molecule has 34 heavy (non-hydrogen) atoms. The lowest BCUT2D eigenvalue weighted by molar-refractivity contribution is 0.0927. The maximum absolute atomic E-state index is 10.2. The third kappa shape index (κ3) is 5.06. The van der Waals surface area contributed by atoms with E-state index in [0.29, 0.717) is 6.67 Å². The average molecular weight is 483 g/mol. The van der Waals surface area contributed by atoms with E-state index in [1.54, 1.807) is 18.4 Å². The number of nitrogens with zero attached hydrogens (tertiary/aromatic N) is 1. The number of methoxy groups -OCH3 is 1. The van der Waals surface area contributed by atoms with Crippen molar-refractivity contribution in [2.24, 2.45) is 0 Å². The van der Waals surface area contributed by atoms with Crippen LogP contribution in [-0.4, -0.2) is 37.3 Å². The quantitative estimate of drug-likeness (QED) is 0.588. The number of anilines is 1. The molecule has 2 aromatic rings. The minimum Gasteiger partial charge on any atom is -0.493 e. The number of benzene rings is 1. The van der Waals surface area contributed by atoms with Gasteiger partial charge in [0.25, 0.3) is 0 Å². The molecule has 3 fully saturated rings. The lowest BCUT2D eigenvalue weighted by atomic mass is 9.69. The molecule has 2 N–H and O–H groups in total. The second-order valence-corrected chi connectivity index (χ2v) is 10.5. The molecule has 1 unspecified atom stereocenters. The summed E-state index contributed by atoms with van der Waals surface area (Å²) in [7, 11) is 1.69. The highest BCUT2D eigenvalue weighted by Crippen LogP contribution is 2.43. The Balaban J connectivity index is 1.43. The molecule has 3 aliphatic rings. The van der Waals surface area contributed by atoms with Crippen molar-refractivity contribution in [1.29, 1.82) is 0 Å². The summed E-state index contributed by atoms with van der Waals surface area (Å²) < 4.78 is 12.0. The van der Waals surface area contributed by atoms with E-state index in [4.69, 9.17) is 14.3 Å². The van der Waals surface area contributed by atoms with Gasteiger partial charge in [0.1, 0.15) is 6.23 Å². The van der Waals surface area contributed by atoms with Gasteiger partial charge in [-0.15, -0.1) is 11.3 Å². The van der Waals surface area contributed by atoms with Crippen LogP contribution < -0.4 is 19.9 Å². The van der Waals surface area contributed by atoms with Crippen molar-refractivity contribution in [2.75, 3.05) is 18.8 Å². The van der Waals surface area contributed by atoms with Crippen LogP contribution in [0.2, 0.25) is 0 Å². The highest BCUT2D eigenvalue weighted by Gasteiger charge is 2.36. The third-order valence-corrected chi connectivity index (χ3v) is 8.06. The van der Waals surface area contributed by atoms with Gasteiger partial charge in [-0.25, -0.2) is 5.06 Å². The Morgan fingerprint density at radius 2 is 1.94 bits per heavy atom. The largest absolute Gasteiger partial charge is 0.493 e. The van der Waals surface area contributed by atoms with Crippen molar-refractivity contribution in [1.82, 2.24) is 5.32 Å². The van der Waals surface area contributed by atoms with Crippen LogP contribution in [0.4, 0.5) is 5.69 Å². The van der Waals surface area contributed by atoms with Crippen LogP contribution in [0.1, 0.15) is 68.7 Å². The molecule has 6 nitrogen and oxygen atoms in total. The van der Waals surface area contributed by atoms with Gasteiger partial charge in [-0.3, -0.25) is 10.2 Å². The van der Waals surface area contributed by atoms with Gasteiger partial charge in [0.15, 0.2) is 11.5 Å². The number of nitrogens with one attached hydrogen (secondary N) is 1. The monoisotopic (exact) mass is 482 g/mol. The number of aliphatic hydroxyl groups excluding tert-OH is 1. The molecule has 1 atom stereocenters. The van der Waals surface area contributed by atoms with Crippen molar-refractivity contribution in [2.45, 2.75) is 82.1 Å². The molecule has 2 saturated carbocycles. The van der Waals surface area contributed by atoms with Gasteiger partial charge in [-0.1, -0.05) is 17.9 Å². The first-order valence-electron chi connectivity index (χ1n) is 12.4. The van der Waals surface area contributed by atoms with E-state index in [-0.39, 0.29) is 23.9 Å².